The highest BCUT2D eigenvalue weighted by Crippen LogP contribution is 2.20. The monoisotopic (exact) mass is 311 g/mol. The number of rotatable bonds is 5. The number of hydrogen-bond acceptors (Lipinski definition) is 5. The second-order valence-electron chi connectivity index (χ2n) is 4.40. The van der Waals surface area contributed by atoms with E-state index in [-0.39, 0.29) is 0 Å². The number of aromatic nitrogens is 1. The number of aryl methyl sites for hydroxylation is 2. The van der Waals surface area contributed by atoms with Gasteiger partial charge in [-0.1, -0.05) is 6.07 Å². The van der Waals surface area contributed by atoms with Gasteiger partial charge in [0.25, 0.3) is 0 Å². The fourth-order valence-electron chi connectivity index (χ4n) is 1.79. The summed E-state index contributed by atoms with van der Waals surface area (Å²) < 4.78 is 26.1. The Balaban J connectivity index is 2.19. The smallest absolute Gasteiger partial charge is 0.240 e. The van der Waals surface area contributed by atoms with Crippen LogP contribution in [0.3, 0.4) is 0 Å². The molecule has 1 heterocycles. The SMILES string of the molecule is CNS(=O)(=O)c1cc(NCc2csc(C)n2)ccc1C. The average molecular weight is 311 g/mol. The molecule has 1 aromatic carbocycles. The van der Waals surface area contributed by atoms with E-state index in [0.29, 0.717) is 11.4 Å². The van der Waals surface area contributed by atoms with Crippen molar-refractivity contribution in [2.24, 2.45) is 0 Å². The number of sulfonamides is 1. The van der Waals surface area contributed by atoms with Crippen molar-refractivity contribution < 1.29 is 8.42 Å². The summed E-state index contributed by atoms with van der Waals surface area (Å²) in [5.41, 5.74) is 2.43. The third-order valence-corrected chi connectivity index (χ3v) is 5.27. The van der Waals surface area contributed by atoms with E-state index >= 15 is 0 Å². The first-order valence-electron chi connectivity index (χ1n) is 6.11. The number of nitrogens with one attached hydrogen (secondary N) is 2. The fraction of sp³-hybridized carbons (Fsp3) is 0.308. The zero-order chi connectivity index (χ0) is 14.8. The van der Waals surface area contributed by atoms with Gasteiger partial charge in [0.2, 0.25) is 10.0 Å². The van der Waals surface area contributed by atoms with Crippen LogP contribution in [-0.4, -0.2) is 20.4 Å². The Labute approximate surface area is 123 Å². The molecule has 0 aliphatic carbocycles. The van der Waals surface area contributed by atoms with E-state index in [9.17, 15) is 8.42 Å². The Morgan fingerprint density at radius 1 is 1.30 bits per heavy atom. The minimum absolute atomic E-state index is 0.291. The van der Waals surface area contributed by atoms with E-state index in [1.807, 2.05) is 18.4 Å². The summed E-state index contributed by atoms with van der Waals surface area (Å²) in [6.45, 7) is 4.31. The number of thiazole rings is 1. The topological polar surface area (TPSA) is 71.1 Å². The fourth-order valence-corrected chi connectivity index (χ4v) is 3.40. The van der Waals surface area contributed by atoms with Gasteiger partial charge in [0.05, 0.1) is 22.1 Å². The lowest BCUT2D eigenvalue weighted by Gasteiger charge is -2.10. The van der Waals surface area contributed by atoms with E-state index < -0.39 is 10.0 Å². The van der Waals surface area contributed by atoms with Gasteiger partial charge in [0.1, 0.15) is 0 Å². The van der Waals surface area contributed by atoms with Gasteiger partial charge in [-0.15, -0.1) is 11.3 Å². The zero-order valence-electron chi connectivity index (χ0n) is 11.6. The molecule has 7 heteroatoms. The molecule has 20 heavy (non-hydrogen) atoms. The molecule has 0 spiro atoms. The molecule has 0 saturated heterocycles. The Hall–Kier alpha value is -1.44. The molecule has 0 unspecified atom stereocenters. The molecule has 5 nitrogen and oxygen atoms in total. The molecule has 0 aliphatic heterocycles. The Morgan fingerprint density at radius 2 is 2.05 bits per heavy atom. The maximum absolute atomic E-state index is 11.9. The molecule has 0 radical (unpaired) electrons. The highest BCUT2D eigenvalue weighted by Gasteiger charge is 2.15. The van der Waals surface area contributed by atoms with Gasteiger partial charge in [-0.3, -0.25) is 0 Å². The van der Waals surface area contributed by atoms with Crippen LogP contribution >= 0.6 is 11.3 Å². The maximum Gasteiger partial charge on any atom is 0.240 e. The summed E-state index contributed by atoms with van der Waals surface area (Å²) in [5, 5.41) is 6.20. The van der Waals surface area contributed by atoms with Crippen LogP contribution in [0.5, 0.6) is 0 Å². The first-order chi connectivity index (χ1) is 9.42. The van der Waals surface area contributed by atoms with Gasteiger partial charge in [0.15, 0.2) is 0 Å². The van der Waals surface area contributed by atoms with Crippen LogP contribution < -0.4 is 10.0 Å². The molecule has 2 N–H and O–H groups in total. The summed E-state index contributed by atoms with van der Waals surface area (Å²) in [7, 11) is -2.02. The quantitative estimate of drug-likeness (QED) is 0.888. The normalized spacial score (nSPS) is 11.6. The molecule has 0 amide bonds. The van der Waals surface area contributed by atoms with E-state index in [0.717, 1.165) is 22.0 Å². The molecule has 1 aromatic heterocycles. The van der Waals surface area contributed by atoms with Crippen molar-refractivity contribution in [3.63, 3.8) is 0 Å². The third kappa shape index (κ3) is 3.36. The zero-order valence-corrected chi connectivity index (χ0v) is 13.2. The van der Waals surface area contributed by atoms with Crippen LogP contribution in [0.2, 0.25) is 0 Å². The van der Waals surface area contributed by atoms with Crippen molar-refractivity contribution in [3.05, 3.63) is 39.8 Å². The average Bonchev–Trinajstić information content (AvgIpc) is 2.83. The third-order valence-electron chi connectivity index (χ3n) is 2.89. The Morgan fingerprint density at radius 3 is 2.65 bits per heavy atom. The largest absolute Gasteiger partial charge is 0.379 e. The predicted octanol–water partition coefficient (Wildman–Crippen LogP) is 2.28. The Kier molecular flexibility index (Phi) is 4.42. The Bertz CT molecular complexity index is 708. The number of anilines is 1. The van der Waals surface area contributed by atoms with Gasteiger partial charge in [-0.05, 0) is 38.6 Å². The summed E-state index contributed by atoms with van der Waals surface area (Å²) >= 11 is 1.60. The van der Waals surface area contributed by atoms with E-state index in [4.69, 9.17) is 0 Å². The van der Waals surface area contributed by atoms with Crippen molar-refractivity contribution >= 4 is 27.0 Å². The van der Waals surface area contributed by atoms with Gasteiger partial charge in [-0.2, -0.15) is 0 Å². The van der Waals surface area contributed by atoms with Crippen LogP contribution in [0.25, 0.3) is 0 Å². The lowest BCUT2D eigenvalue weighted by molar-refractivity contribution is 0.587. The molecule has 0 bridgehead atoms. The standard InChI is InChI=1S/C13H17N3O2S2/c1-9-4-5-11(6-13(9)20(17,18)14-3)15-7-12-8-19-10(2)16-12/h4-6,8,14-15H,7H2,1-3H3. The van der Waals surface area contributed by atoms with Crippen molar-refractivity contribution in [3.8, 4) is 0 Å². The van der Waals surface area contributed by atoms with Crippen molar-refractivity contribution in [2.75, 3.05) is 12.4 Å². The van der Waals surface area contributed by atoms with E-state index in [1.54, 1.807) is 30.4 Å². The predicted molar refractivity (Wildman–Crippen MR) is 81.6 cm³/mol. The highest BCUT2D eigenvalue weighted by molar-refractivity contribution is 7.89. The molecular weight excluding hydrogens is 294 g/mol. The minimum atomic E-state index is -3.43. The lowest BCUT2D eigenvalue weighted by atomic mass is 10.2. The number of nitrogens with zero attached hydrogens (tertiary/aromatic N) is 1. The second kappa shape index (κ2) is 5.90. The van der Waals surface area contributed by atoms with Crippen LogP contribution in [-0.2, 0) is 16.6 Å². The van der Waals surface area contributed by atoms with Gasteiger partial charge < -0.3 is 5.32 Å². The molecule has 0 saturated carbocycles. The van der Waals surface area contributed by atoms with Crippen molar-refractivity contribution in [1.29, 1.82) is 0 Å². The van der Waals surface area contributed by atoms with E-state index in [1.165, 1.54) is 7.05 Å². The molecule has 108 valence electrons. The van der Waals surface area contributed by atoms with Gasteiger partial charge in [-0.25, -0.2) is 18.1 Å². The molecule has 2 aromatic rings. The van der Waals surface area contributed by atoms with Crippen molar-refractivity contribution in [2.45, 2.75) is 25.3 Å². The van der Waals surface area contributed by atoms with Gasteiger partial charge in [0, 0.05) is 11.1 Å². The van der Waals surface area contributed by atoms with Crippen molar-refractivity contribution in [1.82, 2.24) is 9.71 Å². The van der Waals surface area contributed by atoms with Crippen LogP contribution in [0.4, 0.5) is 5.69 Å². The van der Waals surface area contributed by atoms with E-state index in [2.05, 4.69) is 15.0 Å². The van der Waals surface area contributed by atoms with Gasteiger partial charge >= 0.3 is 0 Å². The molecule has 2 rings (SSSR count). The summed E-state index contributed by atoms with van der Waals surface area (Å²) in [4.78, 5) is 4.65. The number of hydrogen-bond donors (Lipinski definition) is 2. The minimum Gasteiger partial charge on any atom is -0.379 e. The van der Waals surface area contributed by atoms with Crippen LogP contribution in [0.1, 0.15) is 16.3 Å². The summed E-state index contributed by atoms with van der Waals surface area (Å²) in [5.74, 6) is 0. The van der Waals surface area contributed by atoms with Crippen LogP contribution in [0.15, 0.2) is 28.5 Å². The summed E-state index contributed by atoms with van der Waals surface area (Å²) in [6.07, 6.45) is 0. The van der Waals surface area contributed by atoms with Crippen LogP contribution in [0, 0.1) is 13.8 Å². The highest BCUT2D eigenvalue weighted by atomic mass is 32.2. The second-order valence-corrected chi connectivity index (χ2v) is 7.32. The lowest BCUT2D eigenvalue weighted by Crippen LogP contribution is -2.19. The molecule has 0 atom stereocenters. The summed E-state index contributed by atoms with van der Waals surface area (Å²) in [6, 6.07) is 5.29. The first-order valence-corrected chi connectivity index (χ1v) is 8.48. The molecule has 0 aliphatic rings. The first kappa shape index (κ1) is 15.0. The maximum atomic E-state index is 11.9. The number of benzene rings is 1. The molecular formula is C13H17N3O2S2. The molecule has 0 fully saturated rings.